The summed E-state index contributed by atoms with van der Waals surface area (Å²) in [6.45, 7) is 0. The first-order chi connectivity index (χ1) is 19.7. The van der Waals surface area contributed by atoms with E-state index in [9.17, 15) is 9.59 Å². The Morgan fingerprint density at radius 2 is 0.750 bits per heavy atom. The minimum atomic E-state index is -0.383. The minimum absolute atomic E-state index is 0.160. The second-order valence-electron chi connectivity index (χ2n) is 9.70. The lowest BCUT2D eigenvalue weighted by Crippen LogP contribution is -2.19. The molecule has 0 atom stereocenters. The topological polar surface area (TPSA) is 71.1 Å². The monoisotopic (exact) mass is 517 g/mol. The Balaban J connectivity index is 1.24. The molecule has 2 amide bonds. The van der Waals surface area contributed by atoms with Crippen molar-refractivity contribution < 1.29 is 9.59 Å². The molecular formula is C35H23N3O2. The molecule has 190 valence electrons. The molecule has 5 heteroatoms. The fraction of sp³-hybridized carbons (Fsp3) is 0. The fourth-order valence-corrected chi connectivity index (χ4v) is 5.34. The Morgan fingerprint density at radius 1 is 0.425 bits per heavy atom. The van der Waals surface area contributed by atoms with Crippen LogP contribution < -0.4 is 10.6 Å². The summed E-state index contributed by atoms with van der Waals surface area (Å²) in [4.78, 5) is 31.4. The van der Waals surface area contributed by atoms with Gasteiger partial charge in [-0.3, -0.25) is 9.59 Å². The van der Waals surface area contributed by atoms with Crippen molar-refractivity contribution in [1.29, 1.82) is 0 Å². The number of amides is 2. The largest absolute Gasteiger partial charge is 0.320 e. The summed E-state index contributed by atoms with van der Waals surface area (Å²) < 4.78 is 0. The predicted octanol–water partition coefficient (Wildman–Crippen LogP) is 8.20. The Kier molecular flexibility index (Phi) is 5.68. The smallest absolute Gasteiger partial charge is 0.274 e. The summed E-state index contributed by atoms with van der Waals surface area (Å²) >= 11 is 0. The van der Waals surface area contributed by atoms with Crippen LogP contribution in [0.15, 0.2) is 127 Å². The number of pyridine rings is 1. The molecule has 0 aliphatic heterocycles. The van der Waals surface area contributed by atoms with Gasteiger partial charge in [-0.2, -0.15) is 0 Å². The van der Waals surface area contributed by atoms with Gasteiger partial charge >= 0.3 is 0 Å². The maximum absolute atomic E-state index is 13.5. The van der Waals surface area contributed by atoms with Crippen molar-refractivity contribution in [3.63, 3.8) is 0 Å². The maximum atomic E-state index is 13.5. The van der Waals surface area contributed by atoms with Crippen molar-refractivity contribution in [2.45, 2.75) is 0 Å². The third kappa shape index (κ3) is 4.10. The van der Waals surface area contributed by atoms with Crippen molar-refractivity contribution in [1.82, 2.24) is 4.98 Å². The first-order valence-corrected chi connectivity index (χ1v) is 13.1. The number of nitrogens with one attached hydrogen (secondary N) is 2. The van der Waals surface area contributed by atoms with Gasteiger partial charge in [0, 0.05) is 21.5 Å². The molecule has 6 aromatic carbocycles. The van der Waals surface area contributed by atoms with E-state index in [1.165, 1.54) is 0 Å². The van der Waals surface area contributed by atoms with E-state index in [0.29, 0.717) is 0 Å². The van der Waals surface area contributed by atoms with Crippen molar-refractivity contribution in [3.8, 4) is 0 Å². The van der Waals surface area contributed by atoms with Gasteiger partial charge in [0.05, 0.1) is 11.4 Å². The Hall–Kier alpha value is -5.55. The van der Waals surface area contributed by atoms with Gasteiger partial charge in [0.15, 0.2) is 0 Å². The number of fused-ring (bicyclic) bond motifs is 4. The van der Waals surface area contributed by atoms with E-state index in [4.69, 9.17) is 0 Å². The van der Waals surface area contributed by atoms with Gasteiger partial charge in [-0.25, -0.2) is 4.98 Å². The molecular weight excluding hydrogens is 494 g/mol. The minimum Gasteiger partial charge on any atom is -0.320 e. The molecule has 0 saturated heterocycles. The highest BCUT2D eigenvalue weighted by molar-refractivity contribution is 6.19. The number of nitrogens with zero attached hydrogens (tertiary/aromatic N) is 1. The fourth-order valence-electron chi connectivity index (χ4n) is 5.34. The zero-order chi connectivity index (χ0) is 27.1. The molecule has 1 aromatic heterocycles. The van der Waals surface area contributed by atoms with Gasteiger partial charge in [-0.1, -0.05) is 103 Å². The lowest BCUT2D eigenvalue weighted by molar-refractivity contribution is 0.101. The highest BCUT2D eigenvalue weighted by atomic mass is 16.2. The highest BCUT2D eigenvalue weighted by Crippen LogP contribution is 2.34. The quantitative estimate of drug-likeness (QED) is 0.231. The van der Waals surface area contributed by atoms with Crippen molar-refractivity contribution in [2.24, 2.45) is 0 Å². The van der Waals surface area contributed by atoms with Crippen LogP contribution in [0.2, 0.25) is 0 Å². The number of benzene rings is 6. The molecule has 2 N–H and O–H groups in total. The SMILES string of the molecule is O=C(Nc1c2ccccc2cc2ccccc12)c1cccc(C(=O)Nc2c3ccccc3cc3ccccc23)n1. The molecule has 7 aromatic rings. The average Bonchev–Trinajstić information content (AvgIpc) is 3.00. The molecule has 0 unspecified atom stereocenters. The number of carbonyl (C=O) groups is 2. The highest BCUT2D eigenvalue weighted by Gasteiger charge is 2.17. The van der Waals surface area contributed by atoms with Crippen molar-refractivity contribution in [2.75, 3.05) is 10.6 Å². The van der Waals surface area contributed by atoms with E-state index in [0.717, 1.165) is 54.5 Å². The molecule has 0 spiro atoms. The van der Waals surface area contributed by atoms with Crippen LogP contribution in [0, 0.1) is 0 Å². The van der Waals surface area contributed by atoms with Gasteiger partial charge in [-0.15, -0.1) is 0 Å². The van der Waals surface area contributed by atoms with E-state index in [2.05, 4.69) is 27.8 Å². The van der Waals surface area contributed by atoms with E-state index in [1.807, 2.05) is 97.1 Å². The lowest BCUT2D eigenvalue weighted by Gasteiger charge is -2.14. The second-order valence-corrected chi connectivity index (χ2v) is 9.70. The van der Waals surface area contributed by atoms with Gasteiger partial charge in [-0.05, 0) is 45.8 Å². The first kappa shape index (κ1) is 23.6. The molecule has 0 fully saturated rings. The number of aromatic nitrogens is 1. The third-order valence-electron chi connectivity index (χ3n) is 7.23. The Morgan fingerprint density at radius 3 is 1.10 bits per heavy atom. The normalized spacial score (nSPS) is 11.2. The molecule has 7 rings (SSSR count). The summed E-state index contributed by atoms with van der Waals surface area (Å²) in [5, 5.41) is 14.0. The molecule has 0 aliphatic carbocycles. The van der Waals surface area contributed by atoms with Crippen LogP contribution in [0.25, 0.3) is 43.1 Å². The summed E-state index contributed by atoms with van der Waals surface area (Å²) in [5.74, 6) is -0.765. The average molecular weight is 518 g/mol. The van der Waals surface area contributed by atoms with Crippen molar-refractivity contribution >= 4 is 66.3 Å². The number of anilines is 2. The molecule has 0 saturated carbocycles. The molecule has 5 nitrogen and oxygen atoms in total. The first-order valence-electron chi connectivity index (χ1n) is 13.1. The molecule has 40 heavy (non-hydrogen) atoms. The molecule has 0 aliphatic rings. The van der Waals surface area contributed by atoms with Gasteiger partial charge < -0.3 is 10.6 Å². The Labute approximate surface area is 230 Å². The number of carbonyl (C=O) groups excluding carboxylic acids is 2. The number of hydrogen-bond donors (Lipinski definition) is 2. The maximum Gasteiger partial charge on any atom is 0.274 e. The lowest BCUT2D eigenvalue weighted by atomic mass is 10.0. The van der Waals surface area contributed by atoms with Crippen LogP contribution >= 0.6 is 0 Å². The van der Waals surface area contributed by atoms with Gasteiger partial charge in [0.25, 0.3) is 11.8 Å². The van der Waals surface area contributed by atoms with Crippen LogP contribution in [0.3, 0.4) is 0 Å². The van der Waals surface area contributed by atoms with Gasteiger partial charge in [0.1, 0.15) is 11.4 Å². The second kappa shape index (κ2) is 9.64. The van der Waals surface area contributed by atoms with E-state index < -0.39 is 0 Å². The number of rotatable bonds is 4. The predicted molar refractivity (Wildman–Crippen MR) is 163 cm³/mol. The summed E-state index contributed by atoms with van der Waals surface area (Å²) in [6.07, 6.45) is 0. The Bertz CT molecular complexity index is 1860. The standard InChI is InChI=1S/C35H23N3O2/c39-34(37-32-26-14-5-1-10-22(26)20-23-11-2-6-15-27(23)32)30-18-9-19-31(36-30)35(40)38-33-28-16-7-3-12-24(28)21-25-13-4-8-17-29(25)33/h1-21H,(H,37,39)(H,38,40). The van der Waals surface area contributed by atoms with Crippen LogP contribution in [-0.4, -0.2) is 16.8 Å². The van der Waals surface area contributed by atoms with E-state index in [-0.39, 0.29) is 23.2 Å². The van der Waals surface area contributed by atoms with Gasteiger partial charge in [0.2, 0.25) is 0 Å². The number of hydrogen-bond acceptors (Lipinski definition) is 3. The van der Waals surface area contributed by atoms with Crippen LogP contribution in [0.5, 0.6) is 0 Å². The van der Waals surface area contributed by atoms with Crippen molar-refractivity contribution in [3.05, 3.63) is 139 Å². The summed E-state index contributed by atoms with van der Waals surface area (Å²) in [5.41, 5.74) is 1.76. The molecule has 0 bridgehead atoms. The van der Waals surface area contributed by atoms with E-state index >= 15 is 0 Å². The van der Waals surface area contributed by atoms with Crippen LogP contribution in [0.4, 0.5) is 11.4 Å². The van der Waals surface area contributed by atoms with E-state index in [1.54, 1.807) is 18.2 Å². The third-order valence-corrected chi connectivity index (χ3v) is 7.23. The summed E-state index contributed by atoms with van der Waals surface area (Å²) in [7, 11) is 0. The zero-order valence-corrected chi connectivity index (χ0v) is 21.4. The zero-order valence-electron chi connectivity index (χ0n) is 21.4. The summed E-state index contributed by atoms with van der Waals surface area (Å²) in [6, 6.07) is 40.9. The molecule has 0 radical (unpaired) electrons. The van der Waals surface area contributed by atoms with Crippen LogP contribution in [-0.2, 0) is 0 Å². The van der Waals surface area contributed by atoms with Crippen LogP contribution in [0.1, 0.15) is 21.0 Å². The molecule has 1 heterocycles.